The van der Waals surface area contributed by atoms with Crippen molar-refractivity contribution in [1.29, 1.82) is 0 Å². The molecule has 2 rings (SSSR count). The van der Waals surface area contributed by atoms with Gasteiger partial charge in [-0.3, -0.25) is 0 Å². The van der Waals surface area contributed by atoms with Crippen molar-refractivity contribution < 1.29 is 9.53 Å². The molecule has 2 aromatic rings. The minimum absolute atomic E-state index is 0.316. The molecule has 0 unspecified atom stereocenters. The Balaban J connectivity index is 1.91. The lowest BCUT2D eigenvalue weighted by atomic mass is 10.2. The van der Waals surface area contributed by atoms with Crippen molar-refractivity contribution in [3.63, 3.8) is 0 Å². The third-order valence-corrected chi connectivity index (χ3v) is 3.62. The summed E-state index contributed by atoms with van der Waals surface area (Å²) in [6.07, 6.45) is 0.718. The maximum Gasteiger partial charge on any atom is 0.339 e. The van der Waals surface area contributed by atoms with Crippen molar-refractivity contribution in [3.05, 3.63) is 51.2 Å². The first kappa shape index (κ1) is 12.9. The van der Waals surface area contributed by atoms with Gasteiger partial charge in [-0.2, -0.15) is 0 Å². The lowest BCUT2D eigenvalue weighted by molar-refractivity contribution is 0.0510. The summed E-state index contributed by atoms with van der Waals surface area (Å²) in [4.78, 5) is 12.9. The number of anilines is 1. The molecule has 0 radical (unpaired) electrons. The predicted molar refractivity (Wildman–Crippen MR) is 74.2 cm³/mol. The van der Waals surface area contributed by atoms with E-state index in [4.69, 9.17) is 22.1 Å². The van der Waals surface area contributed by atoms with Gasteiger partial charge in [-0.05, 0) is 29.6 Å². The van der Waals surface area contributed by atoms with Gasteiger partial charge in [0, 0.05) is 17.0 Å². The number of thiophene rings is 1. The number of nitrogen functional groups attached to an aromatic ring is 1. The van der Waals surface area contributed by atoms with Gasteiger partial charge in [-0.15, -0.1) is 11.3 Å². The molecule has 0 aliphatic rings. The molecule has 0 atom stereocenters. The first-order valence-electron chi connectivity index (χ1n) is 5.41. The third kappa shape index (κ3) is 3.24. The molecule has 0 saturated heterocycles. The molecule has 0 aliphatic carbocycles. The predicted octanol–water partition coefficient (Wildman–Crippen LogP) is 3.38. The number of hydrogen-bond acceptors (Lipinski definition) is 4. The molecule has 0 amide bonds. The zero-order valence-electron chi connectivity index (χ0n) is 9.56. The summed E-state index contributed by atoms with van der Waals surface area (Å²) >= 11 is 7.57. The summed E-state index contributed by atoms with van der Waals surface area (Å²) in [7, 11) is 0. The van der Waals surface area contributed by atoms with Crippen LogP contribution in [0.5, 0.6) is 0 Å². The van der Waals surface area contributed by atoms with Gasteiger partial charge >= 0.3 is 5.97 Å². The van der Waals surface area contributed by atoms with Gasteiger partial charge in [0.1, 0.15) is 0 Å². The molecule has 3 nitrogen and oxygen atoms in total. The number of halogens is 1. The average Bonchev–Trinajstić information content (AvgIpc) is 2.81. The topological polar surface area (TPSA) is 52.3 Å². The maximum absolute atomic E-state index is 11.8. The highest BCUT2D eigenvalue weighted by Crippen LogP contribution is 2.20. The van der Waals surface area contributed by atoms with E-state index >= 15 is 0 Å². The number of ether oxygens (including phenoxy) is 1. The van der Waals surface area contributed by atoms with Gasteiger partial charge in [0.15, 0.2) is 0 Å². The fraction of sp³-hybridized carbons (Fsp3) is 0.154. The molecule has 5 heteroatoms. The van der Waals surface area contributed by atoms with Gasteiger partial charge in [0.05, 0.1) is 17.2 Å². The number of nitrogens with two attached hydrogens (primary N) is 1. The molecule has 94 valence electrons. The van der Waals surface area contributed by atoms with E-state index in [1.165, 1.54) is 10.9 Å². The molecule has 0 aliphatic heterocycles. The van der Waals surface area contributed by atoms with E-state index in [0.29, 0.717) is 22.9 Å². The van der Waals surface area contributed by atoms with E-state index in [1.807, 2.05) is 17.5 Å². The summed E-state index contributed by atoms with van der Waals surface area (Å²) in [5.74, 6) is -0.420. The second kappa shape index (κ2) is 5.89. The largest absolute Gasteiger partial charge is 0.462 e. The number of carbonyl (C=O) groups excluding carboxylic acids is 1. The molecule has 1 aromatic carbocycles. The minimum Gasteiger partial charge on any atom is -0.462 e. The molecular formula is C13H12ClNO2S. The third-order valence-electron chi connectivity index (χ3n) is 2.37. The number of hydrogen-bond donors (Lipinski definition) is 1. The Labute approximate surface area is 114 Å². The van der Waals surface area contributed by atoms with Gasteiger partial charge in [-0.25, -0.2) is 4.79 Å². The van der Waals surface area contributed by atoms with Crippen LogP contribution in [-0.4, -0.2) is 12.6 Å². The monoisotopic (exact) mass is 281 g/mol. The summed E-state index contributed by atoms with van der Waals surface area (Å²) < 4.78 is 5.16. The van der Waals surface area contributed by atoms with Crippen molar-refractivity contribution in [3.8, 4) is 0 Å². The van der Waals surface area contributed by atoms with Gasteiger partial charge in [0.25, 0.3) is 0 Å². The van der Waals surface area contributed by atoms with Crippen molar-refractivity contribution in [1.82, 2.24) is 0 Å². The van der Waals surface area contributed by atoms with Crippen LogP contribution in [0, 0.1) is 0 Å². The van der Waals surface area contributed by atoms with Gasteiger partial charge in [-0.1, -0.05) is 17.7 Å². The highest BCUT2D eigenvalue weighted by Gasteiger charge is 2.11. The molecule has 0 fully saturated rings. The summed E-state index contributed by atoms with van der Waals surface area (Å²) in [6, 6.07) is 8.72. The number of esters is 1. The molecule has 0 saturated carbocycles. The minimum atomic E-state index is -0.420. The van der Waals surface area contributed by atoms with Crippen LogP contribution in [0.3, 0.4) is 0 Å². The van der Waals surface area contributed by atoms with Crippen LogP contribution < -0.4 is 5.73 Å². The highest BCUT2D eigenvalue weighted by atomic mass is 35.5. The zero-order valence-corrected chi connectivity index (χ0v) is 11.1. The summed E-state index contributed by atoms with van der Waals surface area (Å²) in [6.45, 7) is 0.347. The van der Waals surface area contributed by atoms with Crippen molar-refractivity contribution in [2.75, 3.05) is 12.3 Å². The Hall–Kier alpha value is -1.52. The van der Waals surface area contributed by atoms with Crippen molar-refractivity contribution >= 4 is 34.6 Å². The molecule has 18 heavy (non-hydrogen) atoms. The quantitative estimate of drug-likeness (QED) is 0.690. The van der Waals surface area contributed by atoms with Crippen molar-refractivity contribution in [2.24, 2.45) is 0 Å². The fourth-order valence-corrected chi connectivity index (χ4v) is 2.43. The maximum atomic E-state index is 11.8. The standard InChI is InChI=1S/C13H12ClNO2S/c14-12-8-9(15)3-4-11(12)13(16)17-6-5-10-2-1-7-18-10/h1-4,7-8H,5-6,15H2. The Morgan fingerprint density at radius 2 is 2.22 bits per heavy atom. The van der Waals surface area contributed by atoms with Crippen molar-refractivity contribution in [2.45, 2.75) is 6.42 Å². The zero-order chi connectivity index (χ0) is 13.0. The molecular weight excluding hydrogens is 270 g/mol. The Kier molecular flexibility index (Phi) is 4.23. The van der Waals surface area contributed by atoms with E-state index in [9.17, 15) is 4.79 Å². The second-order valence-corrected chi connectivity index (χ2v) is 5.14. The van der Waals surface area contributed by atoms with Crippen LogP contribution >= 0.6 is 22.9 Å². The van der Waals surface area contributed by atoms with Crippen LogP contribution in [0.15, 0.2) is 35.7 Å². The smallest absolute Gasteiger partial charge is 0.339 e. The lowest BCUT2D eigenvalue weighted by Crippen LogP contribution is -2.08. The first-order valence-corrected chi connectivity index (χ1v) is 6.67. The molecule has 2 N–H and O–H groups in total. The Morgan fingerprint density at radius 1 is 1.39 bits per heavy atom. The van der Waals surface area contributed by atoms with E-state index < -0.39 is 5.97 Å². The fourth-order valence-electron chi connectivity index (χ4n) is 1.47. The average molecular weight is 282 g/mol. The molecule has 1 heterocycles. The number of benzene rings is 1. The van der Waals surface area contributed by atoms with Crippen LogP contribution in [0.4, 0.5) is 5.69 Å². The van der Waals surface area contributed by atoms with Crippen LogP contribution in [0.1, 0.15) is 15.2 Å². The van der Waals surface area contributed by atoms with E-state index in [-0.39, 0.29) is 0 Å². The number of rotatable bonds is 4. The second-order valence-electron chi connectivity index (χ2n) is 3.70. The van der Waals surface area contributed by atoms with Gasteiger partial charge in [0.2, 0.25) is 0 Å². The van der Waals surface area contributed by atoms with Gasteiger partial charge < -0.3 is 10.5 Å². The summed E-state index contributed by atoms with van der Waals surface area (Å²) in [5, 5.41) is 2.31. The number of carbonyl (C=O) groups is 1. The SMILES string of the molecule is Nc1ccc(C(=O)OCCc2cccs2)c(Cl)c1. The first-order chi connectivity index (χ1) is 8.66. The highest BCUT2D eigenvalue weighted by molar-refractivity contribution is 7.09. The lowest BCUT2D eigenvalue weighted by Gasteiger charge is -2.06. The van der Waals surface area contributed by atoms with Crippen LogP contribution in [0.2, 0.25) is 5.02 Å². The normalized spacial score (nSPS) is 10.3. The Bertz CT molecular complexity index is 540. The molecule has 0 bridgehead atoms. The van der Waals surface area contributed by atoms with Crippen LogP contribution in [0.25, 0.3) is 0 Å². The van der Waals surface area contributed by atoms with E-state index in [0.717, 1.165) is 6.42 Å². The van der Waals surface area contributed by atoms with E-state index in [1.54, 1.807) is 23.5 Å². The summed E-state index contributed by atoms with van der Waals surface area (Å²) in [5.41, 5.74) is 6.42. The Morgan fingerprint density at radius 3 is 2.89 bits per heavy atom. The molecule has 1 aromatic heterocycles. The molecule has 0 spiro atoms. The van der Waals surface area contributed by atoms with Crippen LogP contribution in [-0.2, 0) is 11.2 Å². The van der Waals surface area contributed by atoms with E-state index in [2.05, 4.69) is 0 Å².